The minimum Gasteiger partial charge on any atom is -0.399 e. The zero-order valence-electron chi connectivity index (χ0n) is 17.5. The lowest BCUT2D eigenvalue weighted by Crippen LogP contribution is -2.41. The molecule has 0 saturated carbocycles. The van der Waals surface area contributed by atoms with Crippen molar-refractivity contribution in [2.24, 2.45) is 0 Å². The number of aryl methyl sites for hydroxylation is 2. The van der Waals surface area contributed by atoms with Gasteiger partial charge in [-0.3, -0.25) is 9.63 Å². The normalized spacial score (nSPS) is 17.6. The topological polar surface area (TPSA) is 56.8 Å². The third-order valence-electron chi connectivity index (χ3n) is 5.68. The van der Waals surface area contributed by atoms with Crippen LogP contribution in [0.15, 0.2) is 42.5 Å². The maximum atomic E-state index is 12.2. The van der Waals surface area contributed by atoms with Crippen LogP contribution in [-0.4, -0.2) is 24.2 Å². The van der Waals surface area contributed by atoms with Crippen molar-refractivity contribution in [3.05, 3.63) is 64.7 Å². The molecule has 3 rings (SSSR count). The lowest BCUT2D eigenvalue weighted by Gasteiger charge is -2.32. The van der Waals surface area contributed by atoms with Crippen molar-refractivity contribution >= 4 is 18.5 Å². The van der Waals surface area contributed by atoms with E-state index in [2.05, 4.69) is 5.48 Å². The highest BCUT2D eigenvalue weighted by molar-refractivity contribution is 6.62. The van der Waals surface area contributed by atoms with Crippen molar-refractivity contribution in [2.75, 3.05) is 0 Å². The molecule has 0 aromatic heterocycles. The third kappa shape index (κ3) is 4.30. The smallest absolute Gasteiger partial charge is 0.399 e. The summed E-state index contributed by atoms with van der Waals surface area (Å²) in [5, 5.41) is 0. The molecule has 0 aliphatic carbocycles. The first kappa shape index (κ1) is 20.6. The number of hydroxylamine groups is 1. The summed E-state index contributed by atoms with van der Waals surface area (Å²) in [5.41, 5.74) is 6.49. The van der Waals surface area contributed by atoms with Gasteiger partial charge in [-0.2, -0.15) is 0 Å². The van der Waals surface area contributed by atoms with Crippen LogP contribution in [0.4, 0.5) is 0 Å². The average Bonchev–Trinajstić information content (AvgIpc) is 2.85. The van der Waals surface area contributed by atoms with Crippen LogP contribution in [0.25, 0.3) is 0 Å². The molecule has 1 saturated heterocycles. The first-order chi connectivity index (χ1) is 13.1. The summed E-state index contributed by atoms with van der Waals surface area (Å²) in [6.45, 7) is 12.4. The molecule has 2 aromatic carbocycles. The van der Waals surface area contributed by atoms with Gasteiger partial charge in [-0.15, -0.1) is 0 Å². The van der Waals surface area contributed by atoms with E-state index in [1.807, 2.05) is 77.9 Å². The number of benzene rings is 2. The lowest BCUT2D eigenvalue weighted by molar-refractivity contribution is 0.00578. The molecule has 0 spiro atoms. The molecule has 1 N–H and O–H groups in total. The predicted octanol–water partition coefficient (Wildman–Crippen LogP) is 3.46. The van der Waals surface area contributed by atoms with Crippen LogP contribution in [0.5, 0.6) is 0 Å². The van der Waals surface area contributed by atoms with Crippen LogP contribution in [0.1, 0.15) is 54.7 Å². The van der Waals surface area contributed by atoms with Gasteiger partial charge in [0.15, 0.2) is 0 Å². The van der Waals surface area contributed by atoms with E-state index in [1.165, 1.54) is 0 Å². The number of nitrogens with one attached hydrogen (secondary N) is 1. The summed E-state index contributed by atoms with van der Waals surface area (Å²) in [4.78, 5) is 17.6. The number of hydrogen-bond donors (Lipinski definition) is 1. The summed E-state index contributed by atoms with van der Waals surface area (Å²) < 4.78 is 12.1. The molecule has 1 aliphatic heterocycles. The van der Waals surface area contributed by atoms with Gasteiger partial charge >= 0.3 is 7.12 Å². The maximum Gasteiger partial charge on any atom is 0.494 e. The van der Waals surface area contributed by atoms with Crippen LogP contribution in [0.3, 0.4) is 0 Å². The summed E-state index contributed by atoms with van der Waals surface area (Å²) in [7, 11) is -0.385. The first-order valence-electron chi connectivity index (χ1n) is 9.53. The second-order valence-corrected chi connectivity index (χ2v) is 8.35. The molecule has 1 aliphatic rings. The summed E-state index contributed by atoms with van der Waals surface area (Å²) >= 11 is 0. The fourth-order valence-corrected chi connectivity index (χ4v) is 2.88. The van der Waals surface area contributed by atoms with Gasteiger partial charge in [0.25, 0.3) is 5.91 Å². The van der Waals surface area contributed by atoms with E-state index >= 15 is 0 Å². The maximum absolute atomic E-state index is 12.2. The average molecular weight is 381 g/mol. The Hall–Kier alpha value is -2.15. The summed E-state index contributed by atoms with van der Waals surface area (Å²) in [5.74, 6) is -0.253. The van der Waals surface area contributed by atoms with Crippen molar-refractivity contribution in [3.63, 3.8) is 0 Å². The highest BCUT2D eigenvalue weighted by Gasteiger charge is 2.51. The molecule has 1 heterocycles. The molecule has 148 valence electrons. The predicted molar refractivity (Wildman–Crippen MR) is 110 cm³/mol. The largest absolute Gasteiger partial charge is 0.494 e. The SMILES string of the molecule is Cc1ccc(C(=O)NOCc2ccc(B3OC(C)(C)C(C)(C)O3)cc2)cc1C. The van der Waals surface area contributed by atoms with Gasteiger partial charge < -0.3 is 9.31 Å². The van der Waals surface area contributed by atoms with Gasteiger partial charge in [-0.05, 0) is 75.8 Å². The van der Waals surface area contributed by atoms with Gasteiger partial charge in [0.2, 0.25) is 0 Å². The number of hydrogen-bond acceptors (Lipinski definition) is 4. The van der Waals surface area contributed by atoms with Crippen molar-refractivity contribution in [1.29, 1.82) is 0 Å². The van der Waals surface area contributed by atoms with E-state index in [4.69, 9.17) is 14.1 Å². The quantitative estimate of drug-likeness (QED) is 0.637. The highest BCUT2D eigenvalue weighted by Crippen LogP contribution is 2.36. The fourth-order valence-electron chi connectivity index (χ4n) is 2.88. The van der Waals surface area contributed by atoms with E-state index in [9.17, 15) is 4.79 Å². The Bertz CT molecular complexity index is 845. The van der Waals surface area contributed by atoms with Crippen LogP contribution in [0.2, 0.25) is 0 Å². The third-order valence-corrected chi connectivity index (χ3v) is 5.68. The molecule has 6 heteroatoms. The van der Waals surface area contributed by atoms with E-state index in [1.54, 1.807) is 6.07 Å². The minimum atomic E-state index is -0.385. The Morgan fingerprint density at radius 3 is 2.14 bits per heavy atom. The number of carbonyl (C=O) groups is 1. The monoisotopic (exact) mass is 381 g/mol. The number of carbonyl (C=O) groups excluding carboxylic acids is 1. The van der Waals surface area contributed by atoms with E-state index < -0.39 is 0 Å². The van der Waals surface area contributed by atoms with Crippen LogP contribution in [-0.2, 0) is 20.8 Å². The molecular weight excluding hydrogens is 353 g/mol. The molecule has 1 amide bonds. The van der Waals surface area contributed by atoms with Crippen molar-refractivity contribution < 1.29 is 18.9 Å². The van der Waals surface area contributed by atoms with Gasteiger partial charge in [-0.1, -0.05) is 30.3 Å². The summed E-state index contributed by atoms with van der Waals surface area (Å²) in [6, 6.07) is 13.4. The van der Waals surface area contributed by atoms with Gasteiger partial charge in [0, 0.05) is 5.56 Å². The fraction of sp³-hybridized carbons (Fsp3) is 0.409. The highest BCUT2D eigenvalue weighted by atomic mass is 16.7. The Kier molecular flexibility index (Phi) is 5.66. The second kappa shape index (κ2) is 7.70. The van der Waals surface area contributed by atoms with Gasteiger partial charge in [0.05, 0.1) is 17.8 Å². The molecule has 0 atom stereocenters. The molecule has 0 radical (unpaired) electrons. The zero-order valence-corrected chi connectivity index (χ0v) is 17.5. The van der Waals surface area contributed by atoms with Crippen LogP contribution >= 0.6 is 0 Å². The zero-order chi connectivity index (χ0) is 20.5. The first-order valence-corrected chi connectivity index (χ1v) is 9.53. The van der Waals surface area contributed by atoms with E-state index in [0.29, 0.717) is 5.56 Å². The molecule has 28 heavy (non-hydrogen) atoms. The molecule has 0 unspecified atom stereocenters. The van der Waals surface area contributed by atoms with E-state index in [-0.39, 0.29) is 30.8 Å². The van der Waals surface area contributed by atoms with Crippen molar-refractivity contribution in [1.82, 2.24) is 5.48 Å². The Balaban J connectivity index is 1.54. The minimum absolute atomic E-state index is 0.253. The molecule has 2 aromatic rings. The molecule has 0 bridgehead atoms. The van der Waals surface area contributed by atoms with Gasteiger partial charge in [-0.25, -0.2) is 5.48 Å². The van der Waals surface area contributed by atoms with Gasteiger partial charge in [0.1, 0.15) is 0 Å². The van der Waals surface area contributed by atoms with E-state index in [0.717, 1.165) is 22.2 Å². The lowest BCUT2D eigenvalue weighted by atomic mass is 9.79. The Labute approximate surface area is 167 Å². The molecule has 5 nitrogen and oxygen atoms in total. The van der Waals surface area contributed by atoms with Crippen LogP contribution < -0.4 is 10.9 Å². The van der Waals surface area contributed by atoms with Crippen molar-refractivity contribution in [2.45, 2.75) is 59.4 Å². The standard InChI is InChI=1S/C22H28BNO4/c1-15-7-10-18(13-16(15)2)20(25)24-26-14-17-8-11-19(12-9-17)23-27-21(3,4)22(5,6)28-23/h7-13H,14H2,1-6H3,(H,24,25). The summed E-state index contributed by atoms with van der Waals surface area (Å²) in [6.07, 6.45) is 0. The molecule has 1 fully saturated rings. The second-order valence-electron chi connectivity index (χ2n) is 8.35. The Morgan fingerprint density at radius 1 is 0.964 bits per heavy atom. The number of amides is 1. The van der Waals surface area contributed by atoms with Crippen molar-refractivity contribution in [3.8, 4) is 0 Å². The Morgan fingerprint density at radius 2 is 1.57 bits per heavy atom. The van der Waals surface area contributed by atoms with Crippen LogP contribution in [0, 0.1) is 13.8 Å². The molecular formula is C22H28BNO4. The number of rotatable bonds is 5.